The Kier molecular flexibility index (Phi) is 5.12. The number of carbonyl (C=O) groups excluding carboxylic acids is 3. The van der Waals surface area contributed by atoms with Crippen LogP contribution in [0.2, 0.25) is 0 Å². The maximum absolute atomic E-state index is 14.4. The first kappa shape index (κ1) is 24.2. The predicted octanol–water partition coefficient (Wildman–Crippen LogP) is 3.67. The molecule has 4 aliphatic heterocycles. The summed E-state index contributed by atoms with van der Waals surface area (Å²) in [6.45, 7) is 2.88. The Morgan fingerprint density at radius 1 is 0.951 bits per heavy atom. The molecule has 0 bridgehead atoms. The van der Waals surface area contributed by atoms with E-state index < -0.39 is 29.3 Å². The lowest BCUT2D eigenvalue weighted by molar-refractivity contribution is -0.130. The van der Waals surface area contributed by atoms with Gasteiger partial charge in [0, 0.05) is 40.5 Å². The molecule has 0 unspecified atom stereocenters. The second kappa shape index (κ2) is 8.68. The molecule has 4 atom stereocenters. The third-order valence-corrected chi connectivity index (χ3v) is 9.09. The van der Waals surface area contributed by atoms with Gasteiger partial charge in [-0.05, 0) is 48.2 Å². The first-order valence-electron chi connectivity index (χ1n) is 14.0. The number of nitrogens with one attached hydrogen (secondary N) is 3. The topological polar surface area (TPSA) is 113 Å². The lowest BCUT2D eigenvalue weighted by Crippen LogP contribution is -2.53. The molecule has 1 spiro atoms. The Hall–Kier alpha value is -4.63. The zero-order chi connectivity index (χ0) is 27.9. The minimum atomic E-state index is -1.36. The minimum absolute atomic E-state index is 0.303. The van der Waals surface area contributed by atoms with Crippen LogP contribution in [0.1, 0.15) is 23.6 Å². The Labute approximate surface area is 235 Å². The van der Waals surface area contributed by atoms with Crippen LogP contribution in [0, 0.1) is 11.8 Å². The Bertz CT molecular complexity index is 1780. The van der Waals surface area contributed by atoms with Gasteiger partial charge in [0.15, 0.2) is 11.5 Å². The van der Waals surface area contributed by atoms with E-state index in [0.717, 1.165) is 34.0 Å². The highest BCUT2D eigenvalue weighted by Crippen LogP contribution is 2.54. The van der Waals surface area contributed by atoms with Crippen LogP contribution in [0.3, 0.4) is 0 Å². The summed E-state index contributed by atoms with van der Waals surface area (Å²) in [5.41, 5.74) is 3.52. The van der Waals surface area contributed by atoms with Crippen molar-refractivity contribution < 1.29 is 23.9 Å². The number of carbonyl (C=O) groups is 3. The van der Waals surface area contributed by atoms with Crippen molar-refractivity contribution in [3.8, 4) is 11.5 Å². The summed E-state index contributed by atoms with van der Waals surface area (Å²) >= 11 is 0. The molecule has 41 heavy (non-hydrogen) atoms. The monoisotopic (exact) mass is 548 g/mol. The van der Waals surface area contributed by atoms with Crippen LogP contribution in [0.25, 0.3) is 10.9 Å². The van der Waals surface area contributed by atoms with Gasteiger partial charge in [-0.2, -0.15) is 0 Å². The molecule has 0 saturated carbocycles. The number of aryl methyl sites for hydroxylation is 1. The Morgan fingerprint density at radius 3 is 2.63 bits per heavy atom. The summed E-state index contributed by atoms with van der Waals surface area (Å²) in [4.78, 5) is 47.2. The van der Waals surface area contributed by atoms with Gasteiger partial charge in [-0.3, -0.25) is 19.7 Å². The lowest BCUT2D eigenvalue weighted by atomic mass is 9.76. The summed E-state index contributed by atoms with van der Waals surface area (Å²) in [6, 6.07) is 18.5. The number of H-pyrrole nitrogens is 1. The van der Waals surface area contributed by atoms with E-state index in [4.69, 9.17) is 9.47 Å². The predicted molar refractivity (Wildman–Crippen MR) is 152 cm³/mol. The van der Waals surface area contributed by atoms with Crippen molar-refractivity contribution in [3.63, 3.8) is 0 Å². The largest absolute Gasteiger partial charge is 0.486 e. The zero-order valence-corrected chi connectivity index (χ0v) is 22.4. The average Bonchev–Trinajstić information content (AvgIpc) is 3.71. The van der Waals surface area contributed by atoms with E-state index in [0.29, 0.717) is 42.5 Å². The third-order valence-electron chi connectivity index (χ3n) is 9.09. The number of hydrogen-bond donors (Lipinski definition) is 3. The van der Waals surface area contributed by atoms with Crippen molar-refractivity contribution >= 4 is 40.0 Å². The molecule has 4 aliphatic rings. The van der Waals surface area contributed by atoms with Gasteiger partial charge in [0.2, 0.25) is 17.7 Å². The minimum Gasteiger partial charge on any atom is -0.486 e. The van der Waals surface area contributed by atoms with Gasteiger partial charge in [-0.1, -0.05) is 37.3 Å². The van der Waals surface area contributed by atoms with Crippen LogP contribution >= 0.6 is 0 Å². The normalized spacial score (nSPS) is 26.1. The van der Waals surface area contributed by atoms with Crippen LogP contribution in [0.4, 0.5) is 11.4 Å². The number of aromatic amines is 1. The van der Waals surface area contributed by atoms with E-state index in [1.807, 2.05) is 48.7 Å². The fourth-order valence-corrected chi connectivity index (χ4v) is 7.21. The molecule has 206 valence electrons. The van der Waals surface area contributed by atoms with Crippen LogP contribution in [-0.4, -0.2) is 42.0 Å². The number of imide groups is 1. The van der Waals surface area contributed by atoms with Gasteiger partial charge in [-0.15, -0.1) is 0 Å². The SMILES string of the molecule is CCc1ccc2c(c1)[C@]1(N[C@H](Cc3c[nH]c4ccccc34)[C@@H]3C(=O)N(c4ccc5c(c4)OCCO5)C(=O)[C@@H]31)C(=O)N2. The highest BCUT2D eigenvalue weighted by molar-refractivity contribution is 6.26. The molecule has 2 fully saturated rings. The maximum Gasteiger partial charge on any atom is 0.250 e. The molecule has 4 aromatic rings. The molecule has 3 N–H and O–H groups in total. The van der Waals surface area contributed by atoms with E-state index in [9.17, 15) is 14.4 Å². The van der Waals surface area contributed by atoms with Crippen LogP contribution < -0.4 is 25.0 Å². The lowest BCUT2D eigenvalue weighted by Gasteiger charge is -2.30. The molecular weight excluding hydrogens is 520 g/mol. The van der Waals surface area contributed by atoms with Gasteiger partial charge in [0.25, 0.3) is 0 Å². The number of anilines is 2. The standard InChI is InChI=1S/C32H28N4O5/c1-2-17-7-9-23-21(13-17)32(31(39)34-23)28-27(24(35-32)14-18-16-33-22-6-4-3-5-20(18)22)29(37)36(30(28)38)19-8-10-25-26(15-19)41-12-11-40-25/h3-10,13,15-16,24,27-28,33,35H,2,11-12,14H2,1H3,(H,34,39)/t24-,27+,28-,32-/m1/s1. The van der Waals surface area contributed by atoms with Gasteiger partial charge < -0.3 is 19.8 Å². The van der Waals surface area contributed by atoms with E-state index in [1.54, 1.807) is 18.2 Å². The third kappa shape index (κ3) is 3.29. The molecule has 5 heterocycles. The summed E-state index contributed by atoms with van der Waals surface area (Å²) in [6.07, 6.45) is 3.20. The summed E-state index contributed by atoms with van der Waals surface area (Å²) < 4.78 is 11.4. The molecule has 3 amide bonds. The number of aromatic nitrogens is 1. The molecule has 9 heteroatoms. The number of fused-ring (bicyclic) bond motifs is 6. The average molecular weight is 549 g/mol. The number of hydrogen-bond acceptors (Lipinski definition) is 6. The highest BCUT2D eigenvalue weighted by Gasteiger charge is 2.70. The quantitative estimate of drug-likeness (QED) is 0.336. The molecular formula is C32H28N4O5. The maximum atomic E-state index is 14.4. The number of rotatable bonds is 4. The fourth-order valence-electron chi connectivity index (χ4n) is 7.21. The molecule has 1 aromatic heterocycles. The number of amides is 3. The number of para-hydroxylation sites is 1. The molecule has 2 saturated heterocycles. The van der Waals surface area contributed by atoms with Gasteiger partial charge >= 0.3 is 0 Å². The van der Waals surface area contributed by atoms with Crippen molar-refractivity contribution in [2.75, 3.05) is 23.4 Å². The summed E-state index contributed by atoms with van der Waals surface area (Å²) in [5.74, 6) is -1.60. The second-order valence-electron chi connectivity index (χ2n) is 11.2. The molecule has 0 radical (unpaired) electrons. The molecule has 3 aromatic carbocycles. The smallest absolute Gasteiger partial charge is 0.250 e. The van der Waals surface area contributed by atoms with E-state index in [-0.39, 0.29) is 11.8 Å². The molecule has 0 aliphatic carbocycles. The van der Waals surface area contributed by atoms with Crippen LogP contribution in [-0.2, 0) is 32.8 Å². The number of benzene rings is 3. The first-order valence-corrected chi connectivity index (χ1v) is 14.0. The second-order valence-corrected chi connectivity index (χ2v) is 11.2. The zero-order valence-electron chi connectivity index (χ0n) is 22.4. The van der Waals surface area contributed by atoms with Crippen molar-refractivity contribution in [1.29, 1.82) is 0 Å². The highest BCUT2D eigenvalue weighted by atomic mass is 16.6. The van der Waals surface area contributed by atoms with E-state index >= 15 is 0 Å². The number of nitrogens with zero attached hydrogens (tertiary/aromatic N) is 1. The summed E-state index contributed by atoms with van der Waals surface area (Å²) in [5, 5.41) is 7.63. The first-order chi connectivity index (χ1) is 20.0. The van der Waals surface area contributed by atoms with Crippen molar-refractivity contribution in [2.24, 2.45) is 11.8 Å². The van der Waals surface area contributed by atoms with Crippen molar-refractivity contribution in [2.45, 2.75) is 31.3 Å². The van der Waals surface area contributed by atoms with Gasteiger partial charge in [0.05, 0.1) is 17.5 Å². The molecule has 9 nitrogen and oxygen atoms in total. The summed E-state index contributed by atoms with van der Waals surface area (Å²) in [7, 11) is 0. The van der Waals surface area contributed by atoms with E-state index in [1.165, 1.54) is 4.90 Å². The van der Waals surface area contributed by atoms with Crippen LogP contribution in [0.5, 0.6) is 11.5 Å². The van der Waals surface area contributed by atoms with Gasteiger partial charge in [-0.25, -0.2) is 4.90 Å². The fraction of sp³-hybridized carbons (Fsp3) is 0.281. The van der Waals surface area contributed by atoms with E-state index in [2.05, 4.69) is 22.5 Å². The van der Waals surface area contributed by atoms with Crippen LogP contribution in [0.15, 0.2) is 66.9 Å². The van der Waals surface area contributed by atoms with Crippen molar-refractivity contribution in [1.82, 2.24) is 10.3 Å². The van der Waals surface area contributed by atoms with Crippen molar-refractivity contribution in [3.05, 3.63) is 83.6 Å². The number of ether oxygens (including phenoxy) is 2. The van der Waals surface area contributed by atoms with Gasteiger partial charge in [0.1, 0.15) is 18.8 Å². The molecule has 8 rings (SSSR count). The Balaban J connectivity index is 1.27. The Morgan fingerprint density at radius 2 is 1.78 bits per heavy atom.